The van der Waals surface area contributed by atoms with Crippen molar-refractivity contribution in [2.45, 2.75) is 64.1 Å². The van der Waals surface area contributed by atoms with Gasteiger partial charge in [-0.15, -0.1) is 0 Å². The highest BCUT2D eigenvalue weighted by Gasteiger charge is 2.48. The minimum Gasteiger partial charge on any atom is -0.466 e. The number of amides is 1. The van der Waals surface area contributed by atoms with Crippen LogP contribution >= 0.6 is 0 Å². The van der Waals surface area contributed by atoms with E-state index in [1.165, 1.54) is 0 Å². The van der Waals surface area contributed by atoms with Crippen LogP contribution in [-0.2, 0) is 14.3 Å². The fourth-order valence-corrected chi connectivity index (χ4v) is 3.65. The molecule has 2 aliphatic heterocycles. The first-order chi connectivity index (χ1) is 10.1. The number of piperidine rings is 1. The van der Waals surface area contributed by atoms with Crippen molar-refractivity contribution in [3.05, 3.63) is 0 Å². The number of aliphatic hydroxyl groups is 1. The maximum Gasteiger partial charge on any atom is 0.410 e. The van der Waals surface area contributed by atoms with E-state index in [1.807, 2.05) is 0 Å². The Hall–Kier alpha value is -1.30. The van der Waals surface area contributed by atoms with Crippen molar-refractivity contribution in [1.29, 1.82) is 0 Å². The highest BCUT2D eigenvalue weighted by Crippen LogP contribution is 2.42. The molecular weight excluding hydrogens is 274 g/mol. The molecule has 0 aromatic rings. The normalized spacial score (nSPS) is 31.1. The van der Waals surface area contributed by atoms with Gasteiger partial charge >= 0.3 is 12.1 Å². The molecule has 2 bridgehead atoms. The monoisotopic (exact) mass is 299 g/mol. The van der Waals surface area contributed by atoms with Gasteiger partial charge in [0.2, 0.25) is 0 Å². The number of hydrogen-bond acceptors (Lipinski definition) is 5. The van der Waals surface area contributed by atoms with Gasteiger partial charge in [0.1, 0.15) is 0 Å². The average Bonchev–Trinajstić information content (AvgIpc) is 2.65. The SMILES string of the molecule is CCOC(=O)CC[C@H]1C[C@@H]2C[C@H](O)C[C@H]1N2C(=O)OCC. The maximum atomic E-state index is 12.1. The topological polar surface area (TPSA) is 76.1 Å². The van der Waals surface area contributed by atoms with E-state index in [9.17, 15) is 14.7 Å². The minimum atomic E-state index is -0.363. The van der Waals surface area contributed by atoms with Crippen LogP contribution in [0.15, 0.2) is 0 Å². The lowest BCUT2D eigenvalue weighted by Crippen LogP contribution is -2.49. The molecule has 2 saturated heterocycles. The summed E-state index contributed by atoms with van der Waals surface area (Å²) in [6.45, 7) is 4.32. The van der Waals surface area contributed by atoms with E-state index < -0.39 is 0 Å². The second-order valence-electron chi connectivity index (χ2n) is 5.79. The molecule has 2 heterocycles. The van der Waals surface area contributed by atoms with E-state index in [2.05, 4.69) is 0 Å². The van der Waals surface area contributed by atoms with Gasteiger partial charge in [-0.3, -0.25) is 4.79 Å². The molecule has 4 atom stereocenters. The van der Waals surface area contributed by atoms with E-state index in [1.54, 1.807) is 18.7 Å². The highest BCUT2D eigenvalue weighted by molar-refractivity contribution is 5.70. The van der Waals surface area contributed by atoms with Gasteiger partial charge in [0, 0.05) is 18.5 Å². The van der Waals surface area contributed by atoms with Crippen LogP contribution in [0, 0.1) is 5.92 Å². The predicted molar refractivity (Wildman–Crippen MR) is 75.7 cm³/mol. The van der Waals surface area contributed by atoms with Gasteiger partial charge in [-0.25, -0.2) is 4.79 Å². The van der Waals surface area contributed by atoms with Gasteiger partial charge in [0.25, 0.3) is 0 Å². The number of ether oxygens (including phenoxy) is 2. The molecule has 120 valence electrons. The summed E-state index contributed by atoms with van der Waals surface area (Å²) in [6.07, 6.45) is 2.42. The molecule has 1 N–H and O–H groups in total. The lowest BCUT2D eigenvalue weighted by atomic mass is 9.92. The molecule has 21 heavy (non-hydrogen) atoms. The van der Waals surface area contributed by atoms with Crippen molar-refractivity contribution >= 4 is 12.1 Å². The standard InChI is InChI=1S/C15H25NO5/c1-3-20-14(18)6-5-10-7-11-8-12(17)9-13(10)16(11)15(19)21-4-2/h10-13,17H,3-9H2,1-2H3/t10-,11+,12-,13+/m0/s1. The number of rotatable bonds is 5. The van der Waals surface area contributed by atoms with Crippen LogP contribution in [-0.4, -0.2) is 53.5 Å². The summed E-state index contributed by atoms with van der Waals surface area (Å²) in [5.74, 6) is 0.0446. The second-order valence-corrected chi connectivity index (χ2v) is 5.79. The smallest absolute Gasteiger partial charge is 0.410 e. The first-order valence-electron chi connectivity index (χ1n) is 7.85. The van der Waals surface area contributed by atoms with Gasteiger partial charge in [0.15, 0.2) is 0 Å². The molecular formula is C15H25NO5. The number of aliphatic hydroxyl groups excluding tert-OH is 1. The van der Waals surface area contributed by atoms with Crippen LogP contribution in [0.2, 0.25) is 0 Å². The summed E-state index contributed by atoms with van der Waals surface area (Å²) < 4.78 is 10.1. The number of carbonyl (C=O) groups is 2. The molecule has 2 rings (SSSR count). The molecule has 0 aromatic carbocycles. The lowest BCUT2D eigenvalue weighted by molar-refractivity contribution is -0.143. The van der Waals surface area contributed by atoms with Crippen LogP contribution in [0.25, 0.3) is 0 Å². The fraction of sp³-hybridized carbons (Fsp3) is 0.867. The Balaban J connectivity index is 1.97. The Morgan fingerprint density at radius 3 is 2.52 bits per heavy atom. The first-order valence-corrected chi connectivity index (χ1v) is 7.85. The van der Waals surface area contributed by atoms with Crippen molar-refractivity contribution < 1.29 is 24.2 Å². The molecule has 0 saturated carbocycles. The minimum absolute atomic E-state index is 0.0211. The number of fused-ring (bicyclic) bond motifs is 2. The summed E-state index contributed by atoms with van der Waals surface area (Å²) in [5, 5.41) is 9.93. The van der Waals surface area contributed by atoms with E-state index in [-0.39, 0.29) is 36.2 Å². The van der Waals surface area contributed by atoms with Crippen molar-refractivity contribution in [3.63, 3.8) is 0 Å². The molecule has 0 radical (unpaired) electrons. The summed E-state index contributed by atoms with van der Waals surface area (Å²) in [4.78, 5) is 25.4. The third-order valence-electron chi connectivity index (χ3n) is 4.43. The van der Waals surface area contributed by atoms with Crippen LogP contribution < -0.4 is 0 Å². The second kappa shape index (κ2) is 7.11. The number of hydrogen-bond donors (Lipinski definition) is 1. The Bertz CT molecular complexity index is 386. The van der Waals surface area contributed by atoms with Crippen molar-refractivity contribution in [1.82, 2.24) is 4.90 Å². The lowest BCUT2D eigenvalue weighted by Gasteiger charge is -2.37. The molecule has 2 fully saturated rings. The van der Waals surface area contributed by atoms with Gasteiger partial charge in [0.05, 0.1) is 19.3 Å². The Labute approximate surface area is 125 Å². The number of nitrogens with zero attached hydrogens (tertiary/aromatic N) is 1. The highest BCUT2D eigenvalue weighted by atomic mass is 16.6. The zero-order valence-electron chi connectivity index (χ0n) is 12.8. The molecule has 0 unspecified atom stereocenters. The van der Waals surface area contributed by atoms with E-state index in [4.69, 9.17) is 9.47 Å². The molecule has 6 nitrogen and oxygen atoms in total. The maximum absolute atomic E-state index is 12.1. The van der Waals surface area contributed by atoms with Crippen LogP contribution in [0.5, 0.6) is 0 Å². The Morgan fingerprint density at radius 2 is 1.86 bits per heavy atom. The summed E-state index contributed by atoms with van der Waals surface area (Å²) in [6, 6.07) is 0.0113. The van der Waals surface area contributed by atoms with E-state index >= 15 is 0 Å². The summed E-state index contributed by atoms with van der Waals surface area (Å²) in [5.41, 5.74) is 0. The largest absolute Gasteiger partial charge is 0.466 e. The third-order valence-corrected chi connectivity index (χ3v) is 4.43. The van der Waals surface area contributed by atoms with Crippen LogP contribution in [0.3, 0.4) is 0 Å². The molecule has 2 aliphatic rings. The van der Waals surface area contributed by atoms with Gasteiger partial charge < -0.3 is 19.5 Å². The van der Waals surface area contributed by atoms with Crippen molar-refractivity contribution in [2.24, 2.45) is 5.92 Å². The van der Waals surface area contributed by atoms with E-state index in [0.717, 1.165) is 6.42 Å². The molecule has 6 heteroatoms. The zero-order chi connectivity index (χ0) is 15.4. The third kappa shape index (κ3) is 3.67. The Morgan fingerprint density at radius 1 is 1.14 bits per heavy atom. The van der Waals surface area contributed by atoms with Crippen LogP contribution in [0.4, 0.5) is 4.79 Å². The molecule has 0 spiro atoms. The molecule has 0 aliphatic carbocycles. The molecule has 0 aromatic heterocycles. The zero-order valence-corrected chi connectivity index (χ0v) is 12.8. The predicted octanol–water partition coefficient (Wildman–Crippen LogP) is 1.70. The number of carbonyl (C=O) groups excluding carboxylic acids is 2. The molecule has 1 amide bonds. The van der Waals surface area contributed by atoms with Gasteiger partial charge in [-0.05, 0) is 45.4 Å². The van der Waals surface area contributed by atoms with Crippen molar-refractivity contribution in [2.75, 3.05) is 13.2 Å². The van der Waals surface area contributed by atoms with Gasteiger partial charge in [-0.2, -0.15) is 0 Å². The summed E-state index contributed by atoms with van der Waals surface area (Å²) >= 11 is 0. The number of esters is 1. The summed E-state index contributed by atoms with van der Waals surface area (Å²) in [7, 11) is 0. The Kier molecular flexibility index (Phi) is 5.45. The average molecular weight is 299 g/mol. The quantitative estimate of drug-likeness (QED) is 0.782. The van der Waals surface area contributed by atoms with E-state index in [0.29, 0.717) is 38.9 Å². The van der Waals surface area contributed by atoms with Crippen molar-refractivity contribution in [3.8, 4) is 0 Å². The fourth-order valence-electron chi connectivity index (χ4n) is 3.65. The van der Waals surface area contributed by atoms with Crippen LogP contribution in [0.1, 0.15) is 46.0 Å². The first kappa shape index (κ1) is 16.1. The van der Waals surface area contributed by atoms with Gasteiger partial charge in [-0.1, -0.05) is 0 Å².